The molecule has 0 bridgehead atoms. The van der Waals surface area contributed by atoms with Gasteiger partial charge in [-0.3, -0.25) is 0 Å². The Bertz CT molecular complexity index is 194. The van der Waals surface area contributed by atoms with Gasteiger partial charge in [0.05, 0.1) is 0 Å². The highest BCUT2D eigenvalue weighted by molar-refractivity contribution is 5.28. The maximum Gasteiger partial charge on any atom is 0.0180 e. The van der Waals surface area contributed by atoms with Crippen LogP contribution in [-0.2, 0) is 6.54 Å². The van der Waals surface area contributed by atoms with Crippen LogP contribution in [0.15, 0.2) is 24.3 Å². The number of benzene rings is 1. The van der Waals surface area contributed by atoms with Gasteiger partial charge in [0.25, 0.3) is 0 Å². The van der Waals surface area contributed by atoms with Crippen LogP contribution in [0.5, 0.6) is 0 Å². The van der Waals surface area contributed by atoms with Gasteiger partial charge in [0.2, 0.25) is 0 Å². The van der Waals surface area contributed by atoms with Crippen molar-refractivity contribution in [1.29, 1.82) is 0 Å². The molecular formula is C10H15N. The molecule has 0 atom stereocenters. The number of hydrogen-bond acceptors (Lipinski definition) is 1. The van der Waals surface area contributed by atoms with Gasteiger partial charge < -0.3 is 5.73 Å². The number of hydrogen-bond donors (Lipinski definition) is 1. The van der Waals surface area contributed by atoms with Gasteiger partial charge >= 0.3 is 0 Å². The Balaban J connectivity index is 0.000000461. The first-order valence-electron chi connectivity index (χ1n) is 3.65. The first kappa shape index (κ1) is 10.2. The van der Waals surface area contributed by atoms with Crippen molar-refractivity contribution in [2.45, 2.75) is 13.5 Å². The summed E-state index contributed by atoms with van der Waals surface area (Å²) in [4.78, 5) is 0. The molecule has 1 aromatic carbocycles. The van der Waals surface area contributed by atoms with Gasteiger partial charge in [-0.05, 0) is 18.1 Å². The molecule has 0 aliphatic heterocycles. The molecule has 0 fully saturated rings. The monoisotopic (exact) mass is 149 g/mol. The Labute approximate surface area is 69.2 Å². The second kappa shape index (κ2) is 5.93. The van der Waals surface area contributed by atoms with Crippen LogP contribution in [0.25, 0.3) is 0 Å². The highest BCUT2D eigenvalue weighted by Gasteiger charge is 1.89. The SMILES string of the molecule is [CH2]C.[CH2]c1ccccc1CN. The van der Waals surface area contributed by atoms with Gasteiger partial charge in [0.1, 0.15) is 0 Å². The molecule has 2 N–H and O–H groups in total. The molecule has 1 aromatic rings. The van der Waals surface area contributed by atoms with Gasteiger partial charge in [-0.1, -0.05) is 38.1 Å². The molecule has 0 aromatic heterocycles. The van der Waals surface area contributed by atoms with E-state index in [4.69, 9.17) is 5.73 Å². The summed E-state index contributed by atoms with van der Waals surface area (Å²) in [6, 6.07) is 7.88. The summed E-state index contributed by atoms with van der Waals surface area (Å²) in [5.41, 5.74) is 7.56. The van der Waals surface area contributed by atoms with E-state index in [0.717, 1.165) is 11.1 Å². The van der Waals surface area contributed by atoms with Crippen molar-refractivity contribution in [3.05, 3.63) is 49.2 Å². The van der Waals surface area contributed by atoms with Crippen molar-refractivity contribution in [2.75, 3.05) is 0 Å². The molecule has 1 rings (SSSR count). The average molecular weight is 149 g/mol. The van der Waals surface area contributed by atoms with E-state index in [-0.39, 0.29) is 0 Å². The van der Waals surface area contributed by atoms with E-state index < -0.39 is 0 Å². The highest BCUT2D eigenvalue weighted by Crippen LogP contribution is 2.04. The molecule has 0 aliphatic carbocycles. The third-order valence-corrected chi connectivity index (χ3v) is 1.34. The predicted molar refractivity (Wildman–Crippen MR) is 49.8 cm³/mol. The van der Waals surface area contributed by atoms with Crippen LogP contribution in [0.4, 0.5) is 0 Å². The van der Waals surface area contributed by atoms with Crippen molar-refractivity contribution in [3.63, 3.8) is 0 Å². The van der Waals surface area contributed by atoms with E-state index in [2.05, 4.69) is 13.8 Å². The highest BCUT2D eigenvalue weighted by atomic mass is 14.5. The minimum absolute atomic E-state index is 0.583. The molecule has 0 unspecified atom stereocenters. The largest absolute Gasteiger partial charge is 0.326 e. The van der Waals surface area contributed by atoms with Crippen molar-refractivity contribution >= 4 is 0 Å². The Morgan fingerprint density at radius 3 is 2.18 bits per heavy atom. The number of nitrogens with two attached hydrogens (primary N) is 1. The van der Waals surface area contributed by atoms with Crippen LogP contribution >= 0.6 is 0 Å². The lowest BCUT2D eigenvalue weighted by atomic mass is 10.1. The number of rotatable bonds is 1. The lowest BCUT2D eigenvalue weighted by Crippen LogP contribution is -1.97. The lowest BCUT2D eigenvalue weighted by Gasteiger charge is -1.98. The minimum atomic E-state index is 0.583. The van der Waals surface area contributed by atoms with Gasteiger partial charge in [-0.2, -0.15) is 0 Å². The van der Waals surface area contributed by atoms with Crippen LogP contribution in [0, 0.1) is 13.8 Å². The second-order valence-corrected chi connectivity index (χ2v) is 1.97. The van der Waals surface area contributed by atoms with Crippen molar-refractivity contribution < 1.29 is 0 Å². The summed E-state index contributed by atoms with van der Waals surface area (Å²) in [6.07, 6.45) is 0. The third-order valence-electron chi connectivity index (χ3n) is 1.34. The fourth-order valence-electron chi connectivity index (χ4n) is 0.757. The van der Waals surface area contributed by atoms with Crippen molar-refractivity contribution in [3.8, 4) is 0 Å². The summed E-state index contributed by atoms with van der Waals surface area (Å²) in [5.74, 6) is 0. The Hall–Kier alpha value is -0.820. The molecule has 11 heavy (non-hydrogen) atoms. The Morgan fingerprint density at radius 2 is 1.82 bits per heavy atom. The fourth-order valence-corrected chi connectivity index (χ4v) is 0.757. The summed E-state index contributed by atoms with van der Waals surface area (Å²) in [5, 5.41) is 0. The third kappa shape index (κ3) is 3.19. The molecular weight excluding hydrogens is 134 g/mol. The molecule has 1 nitrogen and oxygen atoms in total. The van der Waals surface area contributed by atoms with Gasteiger partial charge in [0.15, 0.2) is 0 Å². The van der Waals surface area contributed by atoms with E-state index in [1.54, 1.807) is 6.92 Å². The average Bonchev–Trinajstić information content (AvgIpc) is 2.09. The molecule has 0 heterocycles. The zero-order valence-corrected chi connectivity index (χ0v) is 7.01. The molecule has 0 amide bonds. The van der Waals surface area contributed by atoms with E-state index in [1.165, 1.54) is 0 Å². The Morgan fingerprint density at radius 1 is 1.27 bits per heavy atom. The summed E-state index contributed by atoms with van der Waals surface area (Å²) in [6.45, 7) is 9.39. The first-order valence-corrected chi connectivity index (χ1v) is 3.65. The zero-order valence-electron chi connectivity index (χ0n) is 7.01. The van der Waals surface area contributed by atoms with Crippen LogP contribution in [0.2, 0.25) is 0 Å². The summed E-state index contributed by atoms with van der Waals surface area (Å²) in [7, 11) is 0. The first-order chi connectivity index (χ1) is 5.34. The molecule has 2 radical (unpaired) electrons. The van der Waals surface area contributed by atoms with Crippen LogP contribution in [-0.4, -0.2) is 0 Å². The van der Waals surface area contributed by atoms with Crippen molar-refractivity contribution in [2.24, 2.45) is 5.73 Å². The molecule has 0 saturated carbocycles. The quantitative estimate of drug-likeness (QED) is 0.650. The van der Waals surface area contributed by atoms with Crippen LogP contribution < -0.4 is 5.73 Å². The second-order valence-electron chi connectivity index (χ2n) is 1.97. The maximum absolute atomic E-state index is 5.41. The minimum Gasteiger partial charge on any atom is -0.326 e. The standard InChI is InChI=1S/C8H10N.C2H5/c1-7-4-2-3-5-8(7)6-9;1-2/h2-5H,1,6,9H2;1H2,2H3. The normalized spacial score (nSPS) is 8.36. The molecule has 1 heteroatoms. The van der Waals surface area contributed by atoms with E-state index in [1.807, 2.05) is 24.3 Å². The van der Waals surface area contributed by atoms with E-state index in [0.29, 0.717) is 6.54 Å². The van der Waals surface area contributed by atoms with Gasteiger partial charge in [-0.15, -0.1) is 0 Å². The van der Waals surface area contributed by atoms with Gasteiger partial charge in [0, 0.05) is 6.54 Å². The van der Waals surface area contributed by atoms with Crippen LogP contribution in [0.3, 0.4) is 0 Å². The maximum atomic E-state index is 5.41. The lowest BCUT2D eigenvalue weighted by molar-refractivity contribution is 1.06. The Kier molecular flexibility index (Phi) is 5.49. The summed E-state index contributed by atoms with van der Waals surface area (Å²) < 4.78 is 0. The molecule has 60 valence electrons. The molecule has 0 aliphatic rings. The predicted octanol–water partition coefficient (Wildman–Crippen LogP) is 2.17. The smallest absolute Gasteiger partial charge is 0.0180 e. The molecule has 0 saturated heterocycles. The fraction of sp³-hybridized carbons (Fsp3) is 0.200. The van der Waals surface area contributed by atoms with E-state index >= 15 is 0 Å². The summed E-state index contributed by atoms with van der Waals surface area (Å²) >= 11 is 0. The van der Waals surface area contributed by atoms with Crippen molar-refractivity contribution in [1.82, 2.24) is 0 Å². The van der Waals surface area contributed by atoms with Gasteiger partial charge in [-0.25, -0.2) is 0 Å². The zero-order chi connectivity index (χ0) is 8.69. The van der Waals surface area contributed by atoms with Crippen LogP contribution in [0.1, 0.15) is 18.1 Å². The topological polar surface area (TPSA) is 26.0 Å². The van der Waals surface area contributed by atoms with E-state index in [9.17, 15) is 0 Å². The molecule has 0 spiro atoms.